The van der Waals surface area contributed by atoms with Gasteiger partial charge in [0.25, 0.3) is 11.8 Å². The minimum atomic E-state index is -0.426. The Morgan fingerprint density at radius 3 is 2.21 bits per heavy atom. The van der Waals surface area contributed by atoms with E-state index in [9.17, 15) is 14.4 Å². The second kappa shape index (κ2) is 11.1. The van der Waals surface area contributed by atoms with Gasteiger partial charge in [0, 0.05) is 13.1 Å². The summed E-state index contributed by atoms with van der Waals surface area (Å²) in [4.78, 5) is 48.6. The maximum absolute atomic E-state index is 13.5. The molecule has 34 heavy (non-hydrogen) atoms. The van der Waals surface area contributed by atoms with Crippen LogP contribution >= 0.6 is 23.7 Å². The number of hydrogen-bond acceptors (Lipinski definition) is 6. The van der Waals surface area contributed by atoms with Crippen LogP contribution in [0, 0.1) is 0 Å². The first-order chi connectivity index (χ1) is 16.0. The van der Waals surface area contributed by atoms with Gasteiger partial charge in [0.2, 0.25) is 5.91 Å². The lowest BCUT2D eigenvalue weighted by atomic mass is 10.1. The molecule has 0 fully saturated rings. The predicted octanol–water partition coefficient (Wildman–Crippen LogP) is 4.25. The molecule has 0 bridgehead atoms. The average molecular weight is 501 g/mol. The largest absolute Gasteiger partial charge is 0.302 e. The molecule has 0 aliphatic carbocycles. The number of anilines is 1. The Hall–Kier alpha value is -2.81. The number of benzene rings is 2. The van der Waals surface area contributed by atoms with E-state index in [0.717, 1.165) is 34.6 Å². The molecule has 0 atom stereocenters. The van der Waals surface area contributed by atoms with Crippen LogP contribution < -0.4 is 4.90 Å². The van der Waals surface area contributed by atoms with Gasteiger partial charge in [0.15, 0.2) is 5.13 Å². The van der Waals surface area contributed by atoms with E-state index in [4.69, 9.17) is 4.98 Å². The third kappa shape index (κ3) is 4.99. The summed E-state index contributed by atoms with van der Waals surface area (Å²) in [6.07, 6.45) is 0.924. The number of thiazole rings is 1. The van der Waals surface area contributed by atoms with Crippen molar-refractivity contribution in [2.75, 3.05) is 37.6 Å². The highest BCUT2D eigenvalue weighted by molar-refractivity contribution is 7.22. The zero-order chi connectivity index (χ0) is 23.5. The van der Waals surface area contributed by atoms with Crippen LogP contribution in [0.4, 0.5) is 5.13 Å². The highest BCUT2D eigenvalue weighted by Gasteiger charge is 2.37. The number of carbonyl (C=O) groups is 3. The van der Waals surface area contributed by atoms with Gasteiger partial charge in [0.1, 0.15) is 6.54 Å². The zero-order valence-corrected chi connectivity index (χ0v) is 21.2. The number of hydrogen-bond donors (Lipinski definition) is 0. The van der Waals surface area contributed by atoms with Gasteiger partial charge in [-0.15, -0.1) is 12.4 Å². The molecule has 1 aliphatic rings. The molecule has 3 amide bonds. The Bertz CT molecular complexity index is 1170. The molecule has 1 aromatic heterocycles. The van der Waals surface area contributed by atoms with Gasteiger partial charge >= 0.3 is 0 Å². The Morgan fingerprint density at radius 2 is 1.62 bits per heavy atom. The smallest absolute Gasteiger partial charge is 0.262 e. The third-order valence-electron chi connectivity index (χ3n) is 6.09. The summed E-state index contributed by atoms with van der Waals surface area (Å²) < 4.78 is 1.02. The lowest BCUT2D eigenvalue weighted by Crippen LogP contribution is -2.45. The van der Waals surface area contributed by atoms with E-state index in [1.54, 1.807) is 29.2 Å². The molecule has 0 saturated heterocycles. The number of nitrogens with zero attached hydrogens (tertiary/aromatic N) is 4. The van der Waals surface area contributed by atoms with E-state index in [1.807, 2.05) is 12.1 Å². The number of aryl methyl sites for hydroxylation is 1. The van der Waals surface area contributed by atoms with Gasteiger partial charge in [-0.25, -0.2) is 4.98 Å². The quantitative estimate of drug-likeness (QED) is 0.411. The SMILES string of the molecule is CCc1ccc2nc(N(CCN(CC)CC)C(=O)CN3C(=O)c4ccccc4C3=O)sc2c1.Cl. The molecule has 7 nitrogen and oxygen atoms in total. The Balaban J connectivity index is 0.00000324. The first-order valence-corrected chi connectivity index (χ1v) is 12.2. The number of rotatable bonds is 9. The van der Waals surface area contributed by atoms with E-state index < -0.39 is 11.8 Å². The Morgan fingerprint density at radius 1 is 0.971 bits per heavy atom. The summed E-state index contributed by atoms with van der Waals surface area (Å²) in [5.41, 5.74) is 2.74. The van der Waals surface area contributed by atoms with Crippen LogP contribution in [-0.4, -0.2) is 65.2 Å². The van der Waals surface area contributed by atoms with E-state index in [2.05, 4.69) is 31.7 Å². The molecule has 0 saturated carbocycles. The van der Waals surface area contributed by atoms with Crippen molar-refractivity contribution in [3.63, 3.8) is 0 Å². The highest BCUT2D eigenvalue weighted by Crippen LogP contribution is 2.30. The van der Waals surface area contributed by atoms with Crippen LogP contribution in [0.15, 0.2) is 42.5 Å². The summed E-state index contributed by atoms with van der Waals surface area (Å²) in [5, 5.41) is 0.590. The molecule has 9 heteroatoms. The molecule has 180 valence electrons. The van der Waals surface area contributed by atoms with Crippen molar-refractivity contribution in [3.05, 3.63) is 59.2 Å². The fourth-order valence-electron chi connectivity index (χ4n) is 4.00. The summed E-state index contributed by atoms with van der Waals surface area (Å²) in [7, 11) is 0. The van der Waals surface area contributed by atoms with Crippen molar-refractivity contribution in [3.8, 4) is 0 Å². The fraction of sp³-hybridized carbons (Fsp3) is 0.360. The van der Waals surface area contributed by atoms with E-state index in [0.29, 0.717) is 29.3 Å². The monoisotopic (exact) mass is 500 g/mol. The zero-order valence-electron chi connectivity index (χ0n) is 19.6. The number of imide groups is 1. The molecule has 1 aliphatic heterocycles. The number of fused-ring (bicyclic) bond motifs is 2. The molecule has 2 heterocycles. The molecule has 0 spiro atoms. The maximum Gasteiger partial charge on any atom is 0.262 e. The van der Waals surface area contributed by atoms with Crippen molar-refractivity contribution in [1.29, 1.82) is 0 Å². The topological polar surface area (TPSA) is 73.8 Å². The molecule has 0 radical (unpaired) electrons. The lowest BCUT2D eigenvalue weighted by molar-refractivity contribution is -0.119. The molecule has 0 unspecified atom stereocenters. The Kier molecular flexibility index (Phi) is 8.41. The van der Waals surface area contributed by atoms with Gasteiger partial charge in [-0.1, -0.05) is 50.3 Å². The van der Waals surface area contributed by atoms with E-state index >= 15 is 0 Å². The van der Waals surface area contributed by atoms with Crippen LogP contribution in [0.1, 0.15) is 47.1 Å². The molecule has 3 aromatic rings. The van der Waals surface area contributed by atoms with E-state index in [-0.39, 0.29) is 24.9 Å². The summed E-state index contributed by atoms with van der Waals surface area (Å²) in [5.74, 6) is -1.17. The highest BCUT2D eigenvalue weighted by atomic mass is 35.5. The third-order valence-corrected chi connectivity index (χ3v) is 7.13. The van der Waals surface area contributed by atoms with Crippen LogP contribution in [-0.2, 0) is 11.2 Å². The number of halogens is 1. The number of aromatic nitrogens is 1. The van der Waals surface area contributed by atoms with Crippen LogP contribution in [0.25, 0.3) is 10.2 Å². The van der Waals surface area contributed by atoms with Crippen LogP contribution in [0.3, 0.4) is 0 Å². The first-order valence-electron chi connectivity index (χ1n) is 11.3. The molecular weight excluding hydrogens is 472 g/mol. The maximum atomic E-state index is 13.5. The van der Waals surface area contributed by atoms with Crippen LogP contribution in [0.2, 0.25) is 0 Å². The summed E-state index contributed by atoms with van der Waals surface area (Å²) in [6, 6.07) is 12.8. The number of likely N-dealkylation sites (N-methyl/N-ethyl adjacent to an activating group) is 1. The lowest BCUT2D eigenvalue weighted by Gasteiger charge is -2.26. The number of amides is 3. The second-order valence-electron chi connectivity index (χ2n) is 7.97. The fourth-order valence-corrected chi connectivity index (χ4v) is 5.08. The van der Waals surface area contributed by atoms with Crippen LogP contribution in [0.5, 0.6) is 0 Å². The predicted molar refractivity (Wildman–Crippen MR) is 138 cm³/mol. The molecule has 0 N–H and O–H groups in total. The van der Waals surface area contributed by atoms with Gasteiger partial charge in [0.05, 0.1) is 21.3 Å². The summed E-state index contributed by atoms with van der Waals surface area (Å²) >= 11 is 1.46. The van der Waals surface area contributed by atoms with Gasteiger partial charge < -0.3 is 4.90 Å². The average Bonchev–Trinajstić information content (AvgIpc) is 3.36. The van der Waals surface area contributed by atoms with Crippen molar-refractivity contribution in [2.45, 2.75) is 27.2 Å². The Labute approximate surface area is 209 Å². The number of carbonyl (C=O) groups excluding carboxylic acids is 3. The molecule has 2 aromatic carbocycles. The second-order valence-corrected chi connectivity index (χ2v) is 8.98. The van der Waals surface area contributed by atoms with Crippen molar-refractivity contribution in [1.82, 2.24) is 14.8 Å². The van der Waals surface area contributed by atoms with Crippen molar-refractivity contribution >= 4 is 56.8 Å². The van der Waals surface area contributed by atoms with Gasteiger partial charge in [-0.3, -0.25) is 24.2 Å². The van der Waals surface area contributed by atoms with Crippen molar-refractivity contribution < 1.29 is 14.4 Å². The van der Waals surface area contributed by atoms with Gasteiger partial charge in [-0.05, 0) is 49.3 Å². The van der Waals surface area contributed by atoms with E-state index in [1.165, 1.54) is 16.9 Å². The molecular formula is C25H29ClN4O3S. The minimum absolute atomic E-state index is 0. The normalized spacial score (nSPS) is 12.9. The molecule has 4 rings (SSSR count). The van der Waals surface area contributed by atoms with Crippen molar-refractivity contribution in [2.24, 2.45) is 0 Å². The summed E-state index contributed by atoms with van der Waals surface area (Å²) in [6.45, 7) is 8.82. The van der Waals surface area contributed by atoms with Gasteiger partial charge in [-0.2, -0.15) is 0 Å². The first kappa shape index (κ1) is 25.8. The standard InChI is InChI=1S/C25H28N4O3S.ClH/c1-4-17-11-12-20-21(15-17)33-25(26-20)28(14-13-27(5-2)6-3)22(30)16-29-23(31)18-9-7-8-10-19(18)24(29)32;/h7-12,15H,4-6,13-14,16H2,1-3H3;1H. The minimum Gasteiger partial charge on any atom is -0.302 e.